The summed E-state index contributed by atoms with van der Waals surface area (Å²) in [4.78, 5) is 18.7. The van der Waals surface area contributed by atoms with Crippen molar-refractivity contribution < 1.29 is 4.79 Å². The Kier molecular flexibility index (Phi) is 4.56. The van der Waals surface area contributed by atoms with Gasteiger partial charge >= 0.3 is 0 Å². The minimum absolute atomic E-state index is 0.109. The Bertz CT molecular complexity index is 587. The summed E-state index contributed by atoms with van der Waals surface area (Å²) >= 11 is 0. The lowest BCUT2D eigenvalue weighted by molar-refractivity contribution is 0.0989. The van der Waals surface area contributed by atoms with Gasteiger partial charge in [0.25, 0.3) is 0 Å². The SMILES string of the molecule is CCCn1ccnc1CC(=O)c1cccc(N(C)C)c1. The van der Waals surface area contributed by atoms with Gasteiger partial charge in [0.1, 0.15) is 5.82 Å². The first-order valence-corrected chi connectivity index (χ1v) is 6.92. The Morgan fingerprint density at radius 2 is 2.15 bits per heavy atom. The average Bonchev–Trinajstić information content (AvgIpc) is 2.86. The summed E-state index contributed by atoms with van der Waals surface area (Å²) in [6.45, 7) is 3.02. The first-order valence-electron chi connectivity index (χ1n) is 6.92. The molecular formula is C16H21N3O. The number of nitrogens with zero attached hydrogens (tertiary/aromatic N) is 3. The molecule has 0 spiro atoms. The average molecular weight is 271 g/mol. The second-order valence-corrected chi connectivity index (χ2v) is 5.08. The number of rotatable bonds is 6. The number of imidazole rings is 1. The van der Waals surface area contributed by atoms with Crippen molar-refractivity contribution in [3.8, 4) is 0 Å². The summed E-state index contributed by atoms with van der Waals surface area (Å²) in [5.74, 6) is 0.948. The van der Waals surface area contributed by atoms with Crippen LogP contribution in [0.25, 0.3) is 0 Å². The summed E-state index contributed by atoms with van der Waals surface area (Å²) in [6.07, 6.45) is 5.08. The smallest absolute Gasteiger partial charge is 0.170 e. The molecule has 0 aliphatic heterocycles. The number of anilines is 1. The van der Waals surface area contributed by atoms with E-state index in [1.165, 1.54) is 0 Å². The molecule has 0 radical (unpaired) electrons. The van der Waals surface area contributed by atoms with Crippen LogP contribution in [-0.4, -0.2) is 29.4 Å². The summed E-state index contributed by atoms with van der Waals surface area (Å²) in [5.41, 5.74) is 1.77. The molecule has 2 rings (SSSR count). The molecule has 20 heavy (non-hydrogen) atoms. The maximum absolute atomic E-state index is 12.4. The predicted octanol–water partition coefficient (Wildman–Crippen LogP) is 2.78. The van der Waals surface area contributed by atoms with Gasteiger partial charge in [0, 0.05) is 44.3 Å². The van der Waals surface area contributed by atoms with Gasteiger partial charge in [-0.25, -0.2) is 4.98 Å². The molecule has 1 aromatic heterocycles. The van der Waals surface area contributed by atoms with Gasteiger partial charge in [0.15, 0.2) is 5.78 Å². The number of benzene rings is 1. The van der Waals surface area contributed by atoms with Crippen LogP contribution in [0.2, 0.25) is 0 Å². The van der Waals surface area contributed by atoms with E-state index in [9.17, 15) is 4.79 Å². The van der Waals surface area contributed by atoms with E-state index in [-0.39, 0.29) is 5.78 Å². The van der Waals surface area contributed by atoms with Crippen LogP contribution in [0.1, 0.15) is 29.5 Å². The zero-order valence-corrected chi connectivity index (χ0v) is 12.3. The van der Waals surface area contributed by atoms with Crippen LogP contribution in [0.4, 0.5) is 5.69 Å². The number of hydrogen-bond donors (Lipinski definition) is 0. The van der Waals surface area contributed by atoms with Crippen molar-refractivity contribution in [3.63, 3.8) is 0 Å². The molecule has 0 unspecified atom stereocenters. The van der Waals surface area contributed by atoms with E-state index in [4.69, 9.17) is 0 Å². The number of hydrogen-bond acceptors (Lipinski definition) is 3. The van der Waals surface area contributed by atoms with Crippen LogP contribution in [0.3, 0.4) is 0 Å². The van der Waals surface area contributed by atoms with E-state index >= 15 is 0 Å². The van der Waals surface area contributed by atoms with E-state index in [0.29, 0.717) is 6.42 Å². The van der Waals surface area contributed by atoms with Gasteiger partial charge in [0.05, 0.1) is 6.42 Å². The minimum atomic E-state index is 0.109. The van der Waals surface area contributed by atoms with Gasteiger partial charge in [-0.3, -0.25) is 4.79 Å². The monoisotopic (exact) mass is 271 g/mol. The summed E-state index contributed by atoms with van der Waals surface area (Å²) in [5, 5.41) is 0. The van der Waals surface area contributed by atoms with Crippen LogP contribution in [0.15, 0.2) is 36.7 Å². The molecule has 1 aromatic carbocycles. The van der Waals surface area contributed by atoms with Crippen LogP contribution < -0.4 is 4.90 Å². The second kappa shape index (κ2) is 6.37. The molecule has 0 atom stereocenters. The molecule has 0 fully saturated rings. The molecule has 0 amide bonds. The molecule has 2 aromatic rings. The van der Waals surface area contributed by atoms with Crippen LogP contribution in [0.5, 0.6) is 0 Å². The van der Waals surface area contributed by atoms with Crippen LogP contribution >= 0.6 is 0 Å². The second-order valence-electron chi connectivity index (χ2n) is 5.08. The van der Waals surface area contributed by atoms with Crippen molar-refractivity contribution in [2.24, 2.45) is 0 Å². The fourth-order valence-electron chi connectivity index (χ4n) is 2.15. The van der Waals surface area contributed by atoms with Crippen molar-refractivity contribution in [2.75, 3.05) is 19.0 Å². The van der Waals surface area contributed by atoms with Gasteiger partial charge in [-0.2, -0.15) is 0 Å². The molecule has 0 saturated heterocycles. The lowest BCUT2D eigenvalue weighted by Crippen LogP contribution is -2.12. The van der Waals surface area contributed by atoms with Crippen molar-refractivity contribution in [1.29, 1.82) is 0 Å². The number of carbonyl (C=O) groups excluding carboxylic acids is 1. The normalized spacial score (nSPS) is 10.6. The van der Waals surface area contributed by atoms with Gasteiger partial charge in [0.2, 0.25) is 0 Å². The van der Waals surface area contributed by atoms with Crippen molar-refractivity contribution in [3.05, 3.63) is 48.0 Å². The Labute approximate surface area is 120 Å². The standard InChI is InChI=1S/C16H21N3O/c1-4-9-19-10-8-17-16(19)12-15(20)13-6-5-7-14(11-13)18(2)3/h5-8,10-11H,4,9,12H2,1-3H3. The summed E-state index contributed by atoms with van der Waals surface area (Å²) in [6, 6.07) is 7.70. The number of carbonyl (C=O) groups is 1. The molecule has 0 aliphatic carbocycles. The van der Waals surface area contributed by atoms with Gasteiger partial charge in [-0.15, -0.1) is 0 Å². The summed E-state index contributed by atoms with van der Waals surface area (Å²) in [7, 11) is 3.94. The van der Waals surface area contributed by atoms with E-state index in [1.54, 1.807) is 6.20 Å². The Morgan fingerprint density at radius 1 is 1.35 bits per heavy atom. The topological polar surface area (TPSA) is 38.1 Å². The highest BCUT2D eigenvalue weighted by molar-refractivity contribution is 5.97. The molecule has 0 aliphatic rings. The molecule has 4 heteroatoms. The number of aromatic nitrogens is 2. The molecule has 0 N–H and O–H groups in total. The predicted molar refractivity (Wildman–Crippen MR) is 81.3 cm³/mol. The lowest BCUT2D eigenvalue weighted by Gasteiger charge is -2.13. The zero-order valence-electron chi connectivity index (χ0n) is 12.3. The fraction of sp³-hybridized carbons (Fsp3) is 0.375. The highest BCUT2D eigenvalue weighted by Gasteiger charge is 2.12. The van der Waals surface area contributed by atoms with E-state index in [0.717, 1.165) is 30.0 Å². The molecule has 4 nitrogen and oxygen atoms in total. The molecular weight excluding hydrogens is 250 g/mol. The Balaban J connectivity index is 2.15. The van der Waals surface area contributed by atoms with E-state index < -0.39 is 0 Å². The lowest BCUT2D eigenvalue weighted by atomic mass is 10.1. The third-order valence-corrected chi connectivity index (χ3v) is 3.27. The molecule has 106 valence electrons. The third kappa shape index (κ3) is 3.26. The quantitative estimate of drug-likeness (QED) is 0.758. The first kappa shape index (κ1) is 14.3. The van der Waals surface area contributed by atoms with Crippen molar-refractivity contribution >= 4 is 11.5 Å². The Hall–Kier alpha value is -2.10. The Morgan fingerprint density at radius 3 is 2.85 bits per heavy atom. The zero-order chi connectivity index (χ0) is 14.5. The fourth-order valence-corrected chi connectivity index (χ4v) is 2.15. The van der Waals surface area contributed by atoms with Gasteiger partial charge in [-0.05, 0) is 18.6 Å². The maximum atomic E-state index is 12.4. The van der Waals surface area contributed by atoms with Crippen LogP contribution in [0, 0.1) is 0 Å². The molecule has 1 heterocycles. The van der Waals surface area contributed by atoms with Crippen molar-refractivity contribution in [1.82, 2.24) is 9.55 Å². The highest BCUT2D eigenvalue weighted by Crippen LogP contribution is 2.15. The van der Waals surface area contributed by atoms with Gasteiger partial charge in [-0.1, -0.05) is 19.1 Å². The van der Waals surface area contributed by atoms with Crippen molar-refractivity contribution in [2.45, 2.75) is 26.3 Å². The van der Waals surface area contributed by atoms with E-state index in [2.05, 4.69) is 11.9 Å². The molecule has 0 bridgehead atoms. The van der Waals surface area contributed by atoms with E-state index in [1.807, 2.05) is 54.0 Å². The first-order chi connectivity index (χ1) is 9.61. The molecule has 0 saturated carbocycles. The largest absolute Gasteiger partial charge is 0.378 e. The third-order valence-electron chi connectivity index (χ3n) is 3.27. The number of aryl methyl sites for hydroxylation is 1. The minimum Gasteiger partial charge on any atom is -0.378 e. The number of Topliss-reactive ketones (excluding diaryl/α,β-unsaturated/α-hetero) is 1. The number of ketones is 1. The summed E-state index contributed by atoms with van der Waals surface area (Å²) < 4.78 is 2.05. The van der Waals surface area contributed by atoms with Crippen LogP contribution in [-0.2, 0) is 13.0 Å². The van der Waals surface area contributed by atoms with Gasteiger partial charge < -0.3 is 9.47 Å². The maximum Gasteiger partial charge on any atom is 0.170 e. The highest BCUT2D eigenvalue weighted by atomic mass is 16.1.